The Morgan fingerprint density at radius 1 is 1.11 bits per heavy atom. The maximum atomic E-state index is 11.8. The number of nitrogens with zero attached hydrogens (tertiary/aromatic N) is 1. The molecule has 6 nitrogen and oxygen atoms in total. The van der Waals surface area contributed by atoms with Crippen LogP contribution < -0.4 is 5.32 Å². The SMILES string of the molecule is O=C(O)[C@@H](O)CCNC(=O)N1CCCCCCC1. The number of hydrogen-bond acceptors (Lipinski definition) is 3. The van der Waals surface area contributed by atoms with Crippen LogP contribution in [0.5, 0.6) is 0 Å². The van der Waals surface area contributed by atoms with E-state index in [0.29, 0.717) is 0 Å². The average Bonchev–Trinajstić information content (AvgIpc) is 2.27. The number of likely N-dealkylation sites (tertiary alicyclic amines) is 1. The van der Waals surface area contributed by atoms with Gasteiger partial charge in [-0.3, -0.25) is 0 Å². The molecule has 1 atom stereocenters. The quantitative estimate of drug-likeness (QED) is 0.695. The molecule has 0 aliphatic carbocycles. The number of aliphatic hydroxyl groups excluding tert-OH is 1. The van der Waals surface area contributed by atoms with Crippen molar-refractivity contribution in [3.63, 3.8) is 0 Å². The molecule has 0 aromatic rings. The van der Waals surface area contributed by atoms with Crippen molar-refractivity contribution in [1.82, 2.24) is 10.2 Å². The van der Waals surface area contributed by atoms with Crippen molar-refractivity contribution in [1.29, 1.82) is 0 Å². The van der Waals surface area contributed by atoms with E-state index < -0.39 is 12.1 Å². The predicted molar refractivity (Wildman–Crippen MR) is 66.3 cm³/mol. The zero-order valence-corrected chi connectivity index (χ0v) is 10.6. The van der Waals surface area contributed by atoms with E-state index in [2.05, 4.69) is 5.32 Å². The highest BCUT2D eigenvalue weighted by atomic mass is 16.4. The highest BCUT2D eigenvalue weighted by molar-refractivity contribution is 5.74. The van der Waals surface area contributed by atoms with Crippen molar-refractivity contribution in [2.45, 2.75) is 44.6 Å². The first-order valence-corrected chi connectivity index (χ1v) is 6.55. The molecule has 1 rings (SSSR count). The molecular formula is C12H22N2O4. The van der Waals surface area contributed by atoms with Crippen molar-refractivity contribution in [2.24, 2.45) is 0 Å². The highest BCUT2D eigenvalue weighted by Gasteiger charge is 2.16. The Morgan fingerprint density at radius 2 is 1.67 bits per heavy atom. The summed E-state index contributed by atoms with van der Waals surface area (Å²) in [5.41, 5.74) is 0. The Labute approximate surface area is 107 Å². The van der Waals surface area contributed by atoms with E-state index >= 15 is 0 Å². The molecule has 0 bridgehead atoms. The molecule has 0 aromatic carbocycles. The van der Waals surface area contributed by atoms with E-state index in [-0.39, 0.29) is 19.0 Å². The van der Waals surface area contributed by atoms with Crippen LogP contribution in [-0.2, 0) is 4.79 Å². The van der Waals surface area contributed by atoms with Crippen molar-refractivity contribution >= 4 is 12.0 Å². The van der Waals surface area contributed by atoms with Crippen LogP contribution in [-0.4, -0.2) is 52.9 Å². The van der Waals surface area contributed by atoms with Gasteiger partial charge in [0.2, 0.25) is 0 Å². The molecular weight excluding hydrogens is 236 g/mol. The summed E-state index contributed by atoms with van der Waals surface area (Å²) in [5, 5.41) is 20.2. The number of aliphatic hydroxyl groups is 1. The number of carbonyl (C=O) groups excluding carboxylic acids is 1. The number of carboxylic acids is 1. The molecule has 1 saturated heterocycles. The van der Waals surface area contributed by atoms with Gasteiger partial charge in [-0.25, -0.2) is 9.59 Å². The second-order valence-corrected chi connectivity index (χ2v) is 4.63. The van der Waals surface area contributed by atoms with Crippen LogP contribution in [0.15, 0.2) is 0 Å². The zero-order chi connectivity index (χ0) is 13.4. The second-order valence-electron chi connectivity index (χ2n) is 4.63. The Morgan fingerprint density at radius 3 is 2.22 bits per heavy atom. The standard InChI is InChI=1S/C12H22N2O4/c15-10(11(16)17)6-7-13-12(18)14-8-4-2-1-3-5-9-14/h10,15H,1-9H2,(H,13,18)(H,16,17)/t10-/m0/s1. The fourth-order valence-corrected chi connectivity index (χ4v) is 2.00. The largest absolute Gasteiger partial charge is 0.479 e. The van der Waals surface area contributed by atoms with Crippen molar-refractivity contribution in [2.75, 3.05) is 19.6 Å². The lowest BCUT2D eigenvalue weighted by Crippen LogP contribution is -2.42. The van der Waals surface area contributed by atoms with Crippen LogP contribution in [0.25, 0.3) is 0 Å². The smallest absolute Gasteiger partial charge is 0.332 e. The number of carboxylic acid groups (broad SMARTS) is 1. The molecule has 0 saturated carbocycles. The van der Waals surface area contributed by atoms with Crippen molar-refractivity contribution in [3.8, 4) is 0 Å². The number of rotatable bonds is 4. The van der Waals surface area contributed by atoms with Crippen molar-refractivity contribution < 1.29 is 19.8 Å². The number of hydrogen-bond donors (Lipinski definition) is 3. The van der Waals surface area contributed by atoms with E-state index in [1.165, 1.54) is 6.42 Å². The molecule has 0 aromatic heterocycles. The molecule has 1 heterocycles. The maximum absolute atomic E-state index is 11.8. The molecule has 0 spiro atoms. The summed E-state index contributed by atoms with van der Waals surface area (Å²) >= 11 is 0. The predicted octanol–water partition coefficient (Wildman–Crippen LogP) is 0.798. The van der Waals surface area contributed by atoms with Crippen LogP contribution in [0.4, 0.5) is 4.79 Å². The van der Waals surface area contributed by atoms with E-state index in [9.17, 15) is 9.59 Å². The maximum Gasteiger partial charge on any atom is 0.332 e. The molecule has 104 valence electrons. The van der Waals surface area contributed by atoms with Gasteiger partial charge in [0.1, 0.15) is 0 Å². The topological polar surface area (TPSA) is 89.9 Å². The van der Waals surface area contributed by atoms with Gasteiger partial charge < -0.3 is 20.4 Å². The van der Waals surface area contributed by atoms with Crippen LogP contribution in [0.1, 0.15) is 38.5 Å². The number of carbonyl (C=O) groups is 2. The average molecular weight is 258 g/mol. The normalized spacial score (nSPS) is 18.6. The number of amides is 2. The first kappa shape index (κ1) is 14.8. The lowest BCUT2D eigenvalue weighted by Gasteiger charge is -2.25. The van der Waals surface area contributed by atoms with E-state index in [0.717, 1.165) is 38.8 Å². The highest BCUT2D eigenvalue weighted by Crippen LogP contribution is 2.10. The minimum Gasteiger partial charge on any atom is -0.479 e. The fraction of sp³-hybridized carbons (Fsp3) is 0.833. The van der Waals surface area contributed by atoms with Crippen molar-refractivity contribution in [3.05, 3.63) is 0 Å². The lowest BCUT2D eigenvalue weighted by molar-refractivity contribution is -0.146. The monoisotopic (exact) mass is 258 g/mol. The third kappa shape index (κ3) is 5.35. The Bertz CT molecular complexity index is 275. The third-order valence-electron chi connectivity index (χ3n) is 3.12. The minimum absolute atomic E-state index is 0.0366. The number of urea groups is 1. The van der Waals surface area contributed by atoms with Gasteiger partial charge >= 0.3 is 12.0 Å². The van der Waals surface area contributed by atoms with Crippen LogP contribution >= 0.6 is 0 Å². The fourth-order valence-electron chi connectivity index (χ4n) is 2.00. The van der Waals surface area contributed by atoms with Crippen LogP contribution in [0.3, 0.4) is 0 Å². The van der Waals surface area contributed by atoms with Gasteiger partial charge in [0.15, 0.2) is 6.10 Å². The molecule has 2 amide bonds. The first-order valence-electron chi connectivity index (χ1n) is 6.55. The molecule has 18 heavy (non-hydrogen) atoms. The van der Waals surface area contributed by atoms with Gasteiger partial charge in [-0.05, 0) is 12.8 Å². The number of aliphatic carboxylic acids is 1. The number of nitrogens with one attached hydrogen (secondary N) is 1. The summed E-state index contributed by atoms with van der Waals surface area (Å²) in [4.78, 5) is 24.0. The van der Waals surface area contributed by atoms with Gasteiger partial charge in [0.05, 0.1) is 0 Å². The van der Waals surface area contributed by atoms with Crippen LogP contribution in [0, 0.1) is 0 Å². The van der Waals surface area contributed by atoms with E-state index in [1.807, 2.05) is 0 Å². The summed E-state index contributed by atoms with van der Waals surface area (Å²) in [6.07, 6.45) is 4.21. The molecule has 1 aliphatic heterocycles. The molecule has 3 N–H and O–H groups in total. The second kappa shape index (κ2) is 7.92. The minimum atomic E-state index is -1.40. The van der Waals surface area contributed by atoms with Gasteiger partial charge in [0.25, 0.3) is 0 Å². The molecule has 6 heteroatoms. The summed E-state index contributed by atoms with van der Waals surface area (Å²) in [6.45, 7) is 1.70. The molecule has 1 aliphatic rings. The van der Waals surface area contributed by atoms with E-state index in [1.54, 1.807) is 4.90 Å². The molecule has 0 radical (unpaired) electrons. The lowest BCUT2D eigenvalue weighted by atomic mass is 10.1. The van der Waals surface area contributed by atoms with Gasteiger partial charge in [0, 0.05) is 26.1 Å². The molecule has 0 unspecified atom stereocenters. The summed E-state index contributed by atoms with van der Waals surface area (Å²) < 4.78 is 0. The summed E-state index contributed by atoms with van der Waals surface area (Å²) in [7, 11) is 0. The summed E-state index contributed by atoms with van der Waals surface area (Å²) in [5.74, 6) is -1.25. The van der Waals surface area contributed by atoms with Gasteiger partial charge in [-0.1, -0.05) is 19.3 Å². The Balaban J connectivity index is 2.23. The summed E-state index contributed by atoms with van der Waals surface area (Å²) in [6, 6.07) is -0.158. The first-order chi connectivity index (χ1) is 8.61. The molecule has 1 fully saturated rings. The Kier molecular flexibility index (Phi) is 6.49. The van der Waals surface area contributed by atoms with Gasteiger partial charge in [-0.2, -0.15) is 0 Å². The third-order valence-corrected chi connectivity index (χ3v) is 3.12. The van der Waals surface area contributed by atoms with Crippen LogP contribution in [0.2, 0.25) is 0 Å². The Hall–Kier alpha value is -1.30. The zero-order valence-electron chi connectivity index (χ0n) is 10.6. The van der Waals surface area contributed by atoms with Gasteiger partial charge in [-0.15, -0.1) is 0 Å². The van der Waals surface area contributed by atoms with E-state index in [4.69, 9.17) is 10.2 Å².